The fourth-order valence-electron chi connectivity index (χ4n) is 3.82. The lowest BCUT2D eigenvalue weighted by atomic mass is 9.60. The molecule has 2 aliphatic rings. The number of rotatable bonds is 1. The Morgan fingerprint density at radius 2 is 1.86 bits per heavy atom. The number of carbonyl (C=O) groups is 1. The first-order chi connectivity index (χ1) is 9.56. The van der Waals surface area contributed by atoms with E-state index in [1.807, 2.05) is 6.92 Å². The van der Waals surface area contributed by atoms with Gasteiger partial charge in [0, 0.05) is 24.5 Å². The van der Waals surface area contributed by atoms with Gasteiger partial charge in [0.2, 0.25) is 5.91 Å². The predicted molar refractivity (Wildman–Crippen MR) is 83.5 cm³/mol. The Labute approximate surface area is 128 Å². The zero-order valence-corrected chi connectivity index (χ0v) is 14.3. The third-order valence-corrected chi connectivity index (χ3v) is 7.55. The van der Waals surface area contributed by atoms with Gasteiger partial charge in [-0.15, -0.1) is 0 Å². The van der Waals surface area contributed by atoms with Crippen LogP contribution in [0.4, 0.5) is 0 Å². The second-order valence-corrected chi connectivity index (χ2v) is 9.63. The molecule has 1 saturated carbocycles. The van der Waals surface area contributed by atoms with Gasteiger partial charge in [-0.1, -0.05) is 20.8 Å². The topological polar surface area (TPSA) is 80.5 Å². The van der Waals surface area contributed by atoms with Crippen LogP contribution in [-0.4, -0.2) is 49.4 Å². The van der Waals surface area contributed by atoms with Crippen molar-refractivity contribution in [3.63, 3.8) is 0 Å². The van der Waals surface area contributed by atoms with E-state index in [0.717, 1.165) is 12.8 Å². The minimum absolute atomic E-state index is 0.0597. The van der Waals surface area contributed by atoms with Crippen molar-refractivity contribution >= 4 is 15.7 Å². The van der Waals surface area contributed by atoms with Crippen molar-refractivity contribution in [2.75, 3.05) is 18.1 Å². The SMILES string of the molecule is CC1CS(=O)(=O)CCN1C(=O)C1CCC(N)C(C)C1(C)C. The molecule has 1 heterocycles. The molecule has 0 aromatic carbocycles. The van der Waals surface area contributed by atoms with Crippen molar-refractivity contribution in [2.45, 2.75) is 52.6 Å². The van der Waals surface area contributed by atoms with E-state index in [-0.39, 0.29) is 46.7 Å². The second-order valence-electron chi connectivity index (χ2n) is 7.40. The van der Waals surface area contributed by atoms with Crippen LogP contribution in [0.2, 0.25) is 0 Å². The third kappa shape index (κ3) is 3.11. The standard InChI is InChI=1S/C15H28N2O3S/c1-10-9-21(19,20)8-7-17(10)14(18)12-5-6-13(16)11(2)15(12,3)4/h10-13H,5-9,16H2,1-4H3. The van der Waals surface area contributed by atoms with Crippen molar-refractivity contribution in [1.29, 1.82) is 0 Å². The van der Waals surface area contributed by atoms with E-state index in [4.69, 9.17) is 5.73 Å². The molecule has 21 heavy (non-hydrogen) atoms. The van der Waals surface area contributed by atoms with Crippen LogP contribution in [0.1, 0.15) is 40.5 Å². The third-order valence-electron chi connectivity index (χ3n) is 5.75. The van der Waals surface area contributed by atoms with Crippen LogP contribution in [0.5, 0.6) is 0 Å². The summed E-state index contributed by atoms with van der Waals surface area (Å²) in [6.07, 6.45) is 1.66. The molecule has 1 aliphatic heterocycles. The summed E-state index contributed by atoms with van der Waals surface area (Å²) in [6.45, 7) is 8.51. The molecular weight excluding hydrogens is 288 g/mol. The number of sulfone groups is 1. The monoisotopic (exact) mass is 316 g/mol. The highest BCUT2D eigenvalue weighted by molar-refractivity contribution is 7.91. The summed E-state index contributed by atoms with van der Waals surface area (Å²) < 4.78 is 23.3. The molecule has 1 amide bonds. The van der Waals surface area contributed by atoms with E-state index in [2.05, 4.69) is 20.8 Å². The maximum atomic E-state index is 12.9. The summed E-state index contributed by atoms with van der Waals surface area (Å²) in [4.78, 5) is 14.7. The molecule has 0 spiro atoms. The minimum atomic E-state index is -2.99. The lowest BCUT2D eigenvalue weighted by molar-refractivity contribution is -0.145. The maximum absolute atomic E-state index is 12.9. The Morgan fingerprint density at radius 3 is 2.43 bits per heavy atom. The van der Waals surface area contributed by atoms with Crippen LogP contribution >= 0.6 is 0 Å². The zero-order valence-electron chi connectivity index (χ0n) is 13.5. The van der Waals surface area contributed by atoms with E-state index >= 15 is 0 Å². The Balaban J connectivity index is 2.17. The van der Waals surface area contributed by atoms with Crippen LogP contribution in [0.15, 0.2) is 0 Å². The molecule has 5 nitrogen and oxygen atoms in total. The highest BCUT2D eigenvalue weighted by atomic mass is 32.2. The molecule has 0 aromatic heterocycles. The summed E-state index contributed by atoms with van der Waals surface area (Å²) >= 11 is 0. The number of hydrogen-bond donors (Lipinski definition) is 1. The Morgan fingerprint density at radius 1 is 1.24 bits per heavy atom. The summed E-state index contributed by atoms with van der Waals surface area (Å²) in [5.74, 6) is 0.507. The first kappa shape index (κ1) is 16.7. The lowest BCUT2D eigenvalue weighted by Gasteiger charge is -2.48. The van der Waals surface area contributed by atoms with E-state index < -0.39 is 9.84 Å². The number of nitrogens with two attached hydrogens (primary N) is 1. The van der Waals surface area contributed by atoms with Gasteiger partial charge < -0.3 is 10.6 Å². The number of amides is 1. The quantitative estimate of drug-likeness (QED) is 0.783. The second kappa shape index (κ2) is 5.54. The largest absolute Gasteiger partial charge is 0.338 e. The summed E-state index contributed by atoms with van der Waals surface area (Å²) in [7, 11) is -2.99. The van der Waals surface area contributed by atoms with Gasteiger partial charge in [0.25, 0.3) is 0 Å². The molecule has 1 aliphatic carbocycles. The molecule has 0 bridgehead atoms. The number of hydrogen-bond acceptors (Lipinski definition) is 4. The molecule has 2 fully saturated rings. The zero-order chi connectivity index (χ0) is 16.0. The van der Waals surface area contributed by atoms with Gasteiger partial charge in [-0.2, -0.15) is 0 Å². The molecule has 0 aromatic rings. The normalized spacial score (nSPS) is 39.0. The smallest absolute Gasteiger partial charge is 0.226 e. The molecule has 2 rings (SSSR count). The van der Waals surface area contributed by atoms with Crippen LogP contribution in [0.3, 0.4) is 0 Å². The van der Waals surface area contributed by atoms with Gasteiger partial charge in [0.1, 0.15) is 0 Å². The molecule has 4 unspecified atom stereocenters. The van der Waals surface area contributed by atoms with E-state index in [9.17, 15) is 13.2 Å². The summed E-state index contributed by atoms with van der Waals surface area (Å²) in [5.41, 5.74) is 6.01. The van der Waals surface area contributed by atoms with Crippen molar-refractivity contribution < 1.29 is 13.2 Å². The van der Waals surface area contributed by atoms with Crippen molar-refractivity contribution in [3.05, 3.63) is 0 Å². The Kier molecular flexibility index (Phi) is 4.42. The van der Waals surface area contributed by atoms with Crippen LogP contribution in [0, 0.1) is 17.3 Å². The first-order valence-electron chi connectivity index (χ1n) is 7.82. The summed E-state index contributed by atoms with van der Waals surface area (Å²) in [5, 5.41) is 0. The van der Waals surface area contributed by atoms with Crippen LogP contribution < -0.4 is 5.73 Å². The Hall–Kier alpha value is -0.620. The van der Waals surface area contributed by atoms with Crippen LogP contribution in [-0.2, 0) is 14.6 Å². The van der Waals surface area contributed by atoms with Gasteiger partial charge in [0.15, 0.2) is 9.84 Å². The van der Waals surface area contributed by atoms with Gasteiger partial charge in [0.05, 0.1) is 11.5 Å². The van der Waals surface area contributed by atoms with Crippen LogP contribution in [0.25, 0.3) is 0 Å². The van der Waals surface area contributed by atoms with Gasteiger partial charge in [-0.05, 0) is 31.1 Å². The van der Waals surface area contributed by atoms with Gasteiger partial charge in [-0.3, -0.25) is 4.79 Å². The highest BCUT2D eigenvalue weighted by Gasteiger charge is 2.47. The van der Waals surface area contributed by atoms with Crippen molar-refractivity contribution in [2.24, 2.45) is 23.0 Å². The maximum Gasteiger partial charge on any atom is 0.226 e. The van der Waals surface area contributed by atoms with E-state index in [1.165, 1.54) is 0 Å². The average molecular weight is 316 g/mol. The minimum Gasteiger partial charge on any atom is -0.338 e. The molecule has 0 radical (unpaired) electrons. The predicted octanol–water partition coefficient (Wildman–Crippen LogP) is 1.03. The fourth-order valence-corrected chi connectivity index (χ4v) is 5.37. The van der Waals surface area contributed by atoms with Gasteiger partial charge in [-0.25, -0.2) is 8.42 Å². The molecule has 4 atom stereocenters. The van der Waals surface area contributed by atoms with E-state index in [1.54, 1.807) is 4.90 Å². The average Bonchev–Trinajstić information content (AvgIpc) is 2.34. The molecule has 122 valence electrons. The molecule has 1 saturated heterocycles. The van der Waals surface area contributed by atoms with E-state index in [0.29, 0.717) is 6.54 Å². The fraction of sp³-hybridized carbons (Fsp3) is 0.933. The lowest BCUT2D eigenvalue weighted by Crippen LogP contribution is -2.57. The summed E-state index contributed by atoms with van der Waals surface area (Å²) in [6, 6.07) is -0.0823. The van der Waals surface area contributed by atoms with Crippen molar-refractivity contribution in [1.82, 2.24) is 4.90 Å². The van der Waals surface area contributed by atoms with Crippen molar-refractivity contribution in [3.8, 4) is 0 Å². The molecule has 2 N–H and O–H groups in total. The first-order valence-corrected chi connectivity index (χ1v) is 9.65. The molecular formula is C15H28N2O3S. The Bertz CT molecular complexity index is 515. The number of carbonyl (C=O) groups excluding carboxylic acids is 1. The highest BCUT2D eigenvalue weighted by Crippen LogP contribution is 2.45. The van der Waals surface area contributed by atoms with Gasteiger partial charge >= 0.3 is 0 Å². The molecule has 6 heteroatoms. The number of nitrogens with zero attached hydrogens (tertiary/aromatic N) is 1.